The number of nitrogen functional groups attached to an aromatic ring is 1. The third-order valence-corrected chi connectivity index (χ3v) is 4.12. The van der Waals surface area contributed by atoms with Crippen molar-refractivity contribution in [3.63, 3.8) is 0 Å². The number of pyridine rings is 1. The third kappa shape index (κ3) is 2.76. The average Bonchev–Trinajstić information content (AvgIpc) is 3.36. The molecule has 1 fully saturated rings. The molecule has 0 unspecified atom stereocenters. The van der Waals surface area contributed by atoms with E-state index in [0.29, 0.717) is 23.1 Å². The van der Waals surface area contributed by atoms with Crippen molar-refractivity contribution in [2.24, 2.45) is 0 Å². The summed E-state index contributed by atoms with van der Waals surface area (Å²) in [6.07, 6.45) is 8.58. The number of nitrogens with two attached hydrogens (primary N) is 1. The van der Waals surface area contributed by atoms with E-state index < -0.39 is 0 Å². The van der Waals surface area contributed by atoms with Crippen LogP contribution >= 0.6 is 0 Å². The van der Waals surface area contributed by atoms with Gasteiger partial charge in [-0.05, 0) is 30.3 Å². The van der Waals surface area contributed by atoms with Gasteiger partial charge in [-0.1, -0.05) is 19.3 Å². The summed E-state index contributed by atoms with van der Waals surface area (Å²) in [4.78, 5) is 18.3. The molecule has 4 aromatic rings. The summed E-state index contributed by atoms with van der Waals surface area (Å²) >= 11 is 0. The van der Waals surface area contributed by atoms with Crippen molar-refractivity contribution in [1.82, 2.24) is 14.4 Å². The minimum Gasteiger partial charge on any atom is -0.382 e. The summed E-state index contributed by atoms with van der Waals surface area (Å²) < 4.78 is 15.9. The van der Waals surface area contributed by atoms with Crippen molar-refractivity contribution in [2.45, 2.75) is 19.3 Å². The number of halogens is 1. The minimum absolute atomic E-state index is 0.160. The van der Waals surface area contributed by atoms with E-state index in [2.05, 4.69) is 9.97 Å². The molecule has 0 radical (unpaired) electrons. The lowest BCUT2D eigenvalue weighted by atomic mass is 10.0. The monoisotopic (exact) mass is 336 g/mol. The molecule has 3 aromatic heterocycles. The molecule has 0 aliphatic heterocycles. The standard InChI is InChI=1S/C16H11FN4O.C3H6/c17-11-2-3-12-10(5-6-19-12)15(11)9-1-4-14-20-16(18)13(8-22)21(14)7-9;1-2-3-1/h1-8,19H,18H2;1-3H2. The van der Waals surface area contributed by atoms with E-state index in [1.807, 2.05) is 6.07 Å². The number of nitrogens with one attached hydrogen (secondary N) is 1. The Kier molecular flexibility index (Phi) is 3.72. The highest BCUT2D eigenvalue weighted by Gasteiger charge is 2.14. The second-order valence-electron chi connectivity index (χ2n) is 6.07. The van der Waals surface area contributed by atoms with Gasteiger partial charge in [0, 0.05) is 34.4 Å². The largest absolute Gasteiger partial charge is 0.382 e. The SMILES string of the molecule is C1CC1.Nc1nc2ccc(-c3c(F)ccc4[nH]ccc34)cn2c1C=O. The van der Waals surface area contributed by atoms with Crippen LogP contribution in [0.4, 0.5) is 10.2 Å². The fourth-order valence-corrected chi connectivity index (χ4v) is 2.75. The molecule has 1 saturated carbocycles. The van der Waals surface area contributed by atoms with Crippen LogP contribution in [0.5, 0.6) is 0 Å². The van der Waals surface area contributed by atoms with Crippen molar-refractivity contribution in [3.05, 3.63) is 54.2 Å². The lowest BCUT2D eigenvalue weighted by molar-refractivity contribution is 0.111. The summed E-state index contributed by atoms with van der Waals surface area (Å²) in [6, 6.07) is 8.41. The van der Waals surface area contributed by atoms with E-state index in [1.165, 1.54) is 25.3 Å². The van der Waals surface area contributed by atoms with Crippen molar-refractivity contribution in [2.75, 3.05) is 5.73 Å². The molecule has 3 N–H and O–H groups in total. The number of imidazole rings is 1. The average molecular weight is 336 g/mol. The fourth-order valence-electron chi connectivity index (χ4n) is 2.75. The molecule has 0 spiro atoms. The predicted molar refractivity (Wildman–Crippen MR) is 96.1 cm³/mol. The van der Waals surface area contributed by atoms with Gasteiger partial charge < -0.3 is 10.7 Å². The first-order valence-electron chi connectivity index (χ1n) is 8.18. The number of aldehydes is 1. The topological polar surface area (TPSA) is 76.2 Å². The van der Waals surface area contributed by atoms with Crippen molar-refractivity contribution in [3.8, 4) is 11.1 Å². The van der Waals surface area contributed by atoms with E-state index in [9.17, 15) is 9.18 Å². The van der Waals surface area contributed by atoms with Crippen LogP contribution in [0.2, 0.25) is 0 Å². The highest BCUT2D eigenvalue weighted by atomic mass is 19.1. The first kappa shape index (κ1) is 15.4. The maximum absolute atomic E-state index is 14.3. The number of nitrogens with zero attached hydrogens (tertiary/aromatic N) is 2. The molecule has 1 aliphatic carbocycles. The van der Waals surface area contributed by atoms with Gasteiger partial charge >= 0.3 is 0 Å². The zero-order valence-corrected chi connectivity index (χ0v) is 13.5. The van der Waals surface area contributed by atoms with E-state index in [1.54, 1.807) is 35.0 Å². The smallest absolute Gasteiger partial charge is 0.170 e. The summed E-state index contributed by atoms with van der Waals surface area (Å²) in [6.45, 7) is 0. The number of aromatic amines is 1. The molecule has 5 nitrogen and oxygen atoms in total. The van der Waals surface area contributed by atoms with Gasteiger partial charge in [0.15, 0.2) is 12.1 Å². The molecule has 3 heterocycles. The van der Waals surface area contributed by atoms with Gasteiger partial charge in [-0.2, -0.15) is 0 Å². The summed E-state index contributed by atoms with van der Waals surface area (Å²) in [5.74, 6) is -0.167. The Morgan fingerprint density at radius 1 is 1.16 bits per heavy atom. The van der Waals surface area contributed by atoms with Crippen LogP contribution in [0.1, 0.15) is 29.8 Å². The van der Waals surface area contributed by atoms with E-state index in [0.717, 1.165) is 10.9 Å². The minimum atomic E-state index is -0.327. The van der Waals surface area contributed by atoms with Gasteiger partial charge in [0.1, 0.15) is 17.2 Å². The van der Waals surface area contributed by atoms with Gasteiger partial charge in [0.25, 0.3) is 0 Å². The Hall–Kier alpha value is -3.15. The molecular weight excluding hydrogens is 319 g/mol. The predicted octanol–water partition coefficient (Wildman–Crippen LogP) is 4.19. The summed E-state index contributed by atoms with van der Waals surface area (Å²) in [5, 5.41) is 0.778. The van der Waals surface area contributed by atoms with Crippen LogP contribution in [-0.2, 0) is 0 Å². The van der Waals surface area contributed by atoms with Crippen LogP contribution < -0.4 is 5.73 Å². The van der Waals surface area contributed by atoms with Gasteiger partial charge in [0.2, 0.25) is 0 Å². The Morgan fingerprint density at radius 2 is 1.96 bits per heavy atom. The number of carbonyl (C=O) groups is 1. The van der Waals surface area contributed by atoms with Crippen LogP contribution in [-0.4, -0.2) is 20.7 Å². The molecule has 0 bridgehead atoms. The highest BCUT2D eigenvalue weighted by molar-refractivity contribution is 5.95. The van der Waals surface area contributed by atoms with E-state index in [-0.39, 0.29) is 17.3 Å². The number of rotatable bonds is 2. The molecule has 1 aromatic carbocycles. The number of anilines is 1. The molecule has 6 heteroatoms. The lowest BCUT2D eigenvalue weighted by Gasteiger charge is -2.07. The summed E-state index contributed by atoms with van der Waals surface area (Å²) in [7, 11) is 0. The number of H-pyrrole nitrogens is 1. The quantitative estimate of drug-likeness (QED) is 0.539. The second-order valence-corrected chi connectivity index (χ2v) is 6.07. The first-order chi connectivity index (χ1) is 12.2. The van der Waals surface area contributed by atoms with Crippen LogP contribution in [0.25, 0.3) is 27.7 Å². The van der Waals surface area contributed by atoms with Crippen LogP contribution in [0.3, 0.4) is 0 Å². The molecule has 126 valence electrons. The molecule has 0 atom stereocenters. The molecule has 0 saturated heterocycles. The first-order valence-corrected chi connectivity index (χ1v) is 8.18. The Bertz CT molecular complexity index is 1080. The number of fused-ring (bicyclic) bond motifs is 2. The second kappa shape index (κ2) is 6.05. The van der Waals surface area contributed by atoms with Crippen molar-refractivity contribution < 1.29 is 9.18 Å². The number of aromatic nitrogens is 3. The number of hydrogen-bond acceptors (Lipinski definition) is 3. The molecule has 25 heavy (non-hydrogen) atoms. The van der Waals surface area contributed by atoms with Crippen molar-refractivity contribution in [1.29, 1.82) is 0 Å². The molecule has 5 rings (SSSR count). The number of hydrogen-bond donors (Lipinski definition) is 2. The number of benzene rings is 1. The van der Waals surface area contributed by atoms with Gasteiger partial charge in [-0.25, -0.2) is 9.37 Å². The maximum atomic E-state index is 14.3. The van der Waals surface area contributed by atoms with Crippen LogP contribution in [0.15, 0.2) is 42.7 Å². The zero-order valence-electron chi connectivity index (χ0n) is 13.5. The Labute approximate surface area is 143 Å². The summed E-state index contributed by atoms with van der Waals surface area (Å²) in [5.41, 5.74) is 8.49. The Balaban J connectivity index is 0.000000474. The zero-order chi connectivity index (χ0) is 17.4. The van der Waals surface area contributed by atoms with Gasteiger partial charge in [0.05, 0.1) is 0 Å². The Morgan fingerprint density at radius 3 is 2.68 bits per heavy atom. The third-order valence-electron chi connectivity index (χ3n) is 4.12. The molecular formula is C19H17FN4O. The maximum Gasteiger partial charge on any atom is 0.170 e. The van der Waals surface area contributed by atoms with E-state index >= 15 is 0 Å². The van der Waals surface area contributed by atoms with Gasteiger partial charge in [-0.15, -0.1) is 0 Å². The van der Waals surface area contributed by atoms with Crippen molar-refractivity contribution >= 4 is 28.7 Å². The number of carbonyl (C=O) groups excluding carboxylic acids is 1. The van der Waals surface area contributed by atoms with Gasteiger partial charge in [-0.3, -0.25) is 9.20 Å². The molecule has 1 aliphatic rings. The van der Waals surface area contributed by atoms with E-state index in [4.69, 9.17) is 5.73 Å². The highest BCUT2D eigenvalue weighted by Crippen LogP contribution is 2.31. The normalized spacial score (nSPS) is 12.8. The lowest BCUT2D eigenvalue weighted by Crippen LogP contribution is -1.96. The molecule has 0 amide bonds. The fraction of sp³-hybridized carbons (Fsp3) is 0.158. The van der Waals surface area contributed by atoms with Crippen LogP contribution in [0, 0.1) is 5.82 Å².